The molecule has 0 unspecified atom stereocenters. The van der Waals surface area contributed by atoms with Gasteiger partial charge in [-0.15, -0.1) is 0 Å². The molecular formula is C8H14S. The van der Waals surface area contributed by atoms with Gasteiger partial charge in [0.15, 0.2) is 0 Å². The normalized spacial score (nSPS) is 56.7. The van der Waals surface area contributed by atoms with Crippen LogP contribution in [0.3, 0.4) is 0 Å². The third-order valence-electron chi connectivity index (χ3n) is 2.90. The summed E-state index contributed by atoms with van der Waals surface area (Å²) in [7, 11) is 0. The smallest absolute Gasteiger partial charge is 0.00273 e. The van der Waals surface area contributed by atoms with Crippen LogP contribution in [0.15, 0.2) is 0 Å². The molecule has 52 valence electrons. The molecule has 0 amide bonds. The van der Waals surface area contributed by atoms with Gasteiger partial charge >= 0.3 is 0 Å². The zero-order valence-electron chi connectivity index (χ0n) is 5.93. The van der Waals surface area contributed by atoms with Crippen LogP contribution in [0.4, 0.5) is 0 Å². The highest BCUT2D eigenvalue weighted by Gasteiger charge is 2.49. The molecule has 0 aromatic carbocycles. The first kappa shape index (κ1) is 6.09. The van der Waals surface area contributed by atoms with Gasteiger partial charge in [-0.2, -0.15) is 12.6 Å². The highest BCUT2D eigenvalue weighted by molar-refractivity contribution is 7.81. The van der Waals surface area contributed by atoms with E-state index in [1.807, 2.05) is 0 Å². The van der Waals surface area contributed by atoms with E-state index in [1.54, 1.807) is 0 Å². The van der Waals surface area contributed by atoms with Crippen LogP contribution in [0.1, 0.15) is 32.6 Å². The van der Waals surface area contributed by atoms with Crippen LogP contribution >= 0.6 is 12.6 Å². The van der Waals surface area contributed by atoms with Gasteiger partial charge in [0.25, 0.3) is 0 Å². The van der Waals surface area contributed by atoms with E-state index in [-0.39, 0.29) is 0 Å². The van der Waals surface area contributed by atoms with Crippen LogP contribution in [0.2, 0.25) is 0 Å². The molecule has 0 radical (unpaired) electrons. The SMILES string of the molecule is CC1CC2(C1)CC(S)C2. The van der Waals surface area contributed by atoms with Crippen molar-refractivity contribution in [1.29, 1.82) is 0 Å². The Morgan fingerprint density at radius 3 is 2.11 bits per heavy atom. The van der Waals surface area contributed by atoms with Crippen molar-refractivity contribution in [2.45, 2.75) is 37.9 Å². The van der Waals surface area contributed by atoms with E-state index < -0.39 is 0 Å². The van der Waals surface area contributed by atoms with Gasteiger partial charge in [-0.05, 0) is 37.0 Å². The second-order valence-electron chi connectivity index (χ2n) is 4.08. The molecule has 2 fully saturated rings. The third kappa shape index (κ3) is 0.813. The van der Waals surface area contributed by atoms with Crippen molar-refractivity contribution in [2.75, 3.05) is 0 Å². The molecule has 0 aliphatic heterocycles. The quantitative estimate of drug-likeness (QED) is 0.494. The fourth-order valence-electron chi connectivity index (χ4n) is 2.69. The minimum atomic E-state index is 0.748. The van der Waals surface area contributed by atoms with E-state index in [4.69, 9.17) is 0 Å². The standard InChI is InChI=1S/C8H14S/c1-6-2-8(3-6)4-7(9)5-8/h6-7,9H,2-5H2,1H3. The molecule has 0 aromatic heterocycles. The molecule has 0 heterocycles. The number of hydrogen-bond acceptors (Lipinski definition) is 1. The van der Waals surface area contributed by atoms with E-state index in [0.717, 1.165) is 16.6 Å². The largest absolute Gasteiger partial charge is 0.176 e. The number of hydrogen-bond donors (Lipinski definition) is 1. The van der Waals surface area contributed by atoms with Crippen LogP contribution in [0.25, 0.3) is 0 Å². The van der Waals surface area contributed by atoms with Crippen molar-refractivity contribution < 1.29 is 0 Å². The molecular weight excluding hydrogens is 128 g/mol. The first-order valence-electron chi connectivity index (χ1n) is 3.88. The van der Waals surface area contributed by atoms with Gasteiger partial charge in [-0.3, -0.25) is 0 Å². The van der Waals surface area contributed by atoms with Gasteiger partial charge in [0.2, 0.25) is 0 Å². The molecule has 2 rings (SSSR count). The van der Waals surface area contributed by atoms with Crippen molar-refractivity contribution in [3.05, 3.63) is 0 Å². The Kier molecular flexibility index (Phi) is 1.14. The molecule has 0 bridgehead atoms. The summed E-state index contributed by atoms with van der Waals surface area (Å²) in [6.07, 6.45) is 5.79. The molecule has 0 nitrogen and oxygen atoms in total. The van der Waals surface area contributed by atoms with Crippen LogP contribution < -0.4 is 0 Å². The molecule has 0 atom stereocenters. The maximum Gasteiger partial charge on any atom is 0.00273 e. The Balaban J connectivity index is 1.87. The fourth-order valence-corrected chi connectivity index (χ4v) is 3.47. The number of rotatable bonds is 0. The highest BCUT2D eigenvalue weighted by Crippen LogP contribution is 2.59. The van der Waals surface area contributed by atoms with Gasteiger partial charge in [-0.25, -0.2) is 0 Å². The lowest BCUT2D eigenvalue weighted by atomic mass is 9.52. The highest BCUT2D eigenvalue weighted by atomic mass is 32.1. The van der Waals surface area contributed by atoms with Gasteiger partial charge in [0.1, 0.15) is 0 Å². The summed E-state index contributed by atoms with van der Waals surface area (Å²) < 4.78 is 0. The van der Waals surface area contributed by atoms with Crippen LogP contribution in [-0.4, -0.2) is 5.25 Å². The average molecular weight is 142 g/mol. The minimum Gasteiger partial charge on any atom is -0.176 e. The van der Waals surface area contributed by atoms with Gasteiger partial charge in [0.05, 0.1) is 0 Å². The predicted octanol–water partition coefficient (Wildman–Crippen LogP) is 2.49. The van der Waals surface area contributed by atoms with Crippen molar-refractivity contribution in [2.24, 2.45) is 11.3 Å². The maximum atomic E-state index is 4.42. The maximum absolute atomic E-state index is 4.42. The first-order chi connectivity index (χ1) is 4.20. The number of thiol groups is 1. The van der Waals surface area contributed by atoms with Crippen molar-refractivity contribution in [3.63, 3.8) is 0 Å². The first-order valence-corrected chi connectivity index (χ1v) is 4.40. The van der Waals surface area contributed by atoms with Gasteiger partial charge in [0, 0.05) is 5.25 Å². The topological polar surface area (TPSA) is 0 Å². The van der Waals surface area contributed by atoms with Crippen LogP contribution in [-0.2, 0) is 0 Å². The molecule has 2 saturated carbocycles. The van der Waals surface area contributed by atoms with E-state index >= 15 is 0 Å². The summed E-state index contributed by atoms with van der Waals surface area (Å²) in [5.74, 6) is 1.02. The van der Waals surface area contributed by atoms with Gasteiger partial charge < -0.3 is 0 Å². The Bertz CT molecular complexity index is 99.0. The molecule has 2 aliphatic carbocycles. The third-order valence-corrected chi connectivity index (χ3v) is 3.27. The summed E-state index contributed by atoms with van der Waals surface area (Å²) in [5.41, 5.74) is 0.811. The fraction of sp³-hybridized carbons (Fsp3) is 1.00. The zero-order chi connectivity index (χ0) is 6.48. The molecule has 0 aromatic rings. The Hall–Kier alpha value is 0.350. The van der Waals surface area contributed by atoms with Crippen LogP contribution in [0, 0.1) is 11.3 Å². The molecule has 9 heavy (non-hydrogen) atoms. The second kappa shape index (κ2) is 1.69. The molecule has 2 aliphatic rings. The Morgan fingerprint density at radius 1 is 1.22 bits per heavy atom. The van der Waals surface area contributed by atoms with E-state index in [9.17, 15) is 0 Å². The monoisotopic (exact) mass is 142 g/mol. The summed E-state index contributed by atoms with van der Waals surface area (Å²) >= 11 is 4.42. The lowest BCUT2D eigenvalue weighted by molar-refractivity contribution is -0.00993. The van der Waals surface area contributed by atoms with Crippen molar-refractivity contribution in [1.82, 2.24) is 0 Å². The predicted molar refractivity (Wildman–Crippen MR) is 42.8 cm³/mol. The lowest BCUT2D eigenvalue weighted by Gasteiger charge is -2.56. The molecule has 0 N–H and O–H groups in total. The summed E-state index contributed by atoms with van der Waals surface area (Å²) in [6.45, 7) is 2.36. The average Bonchev–Trinajstić information content (AvgIpc) is 1.58. The van der Waals surface area contributed by atoms with Crippen LogP contribution in [0.5, 0.6) is 0 Å². The Labute approximate surface area is 62.4 Å². The Morgan fingerprint density at radius 2 is 1.78 bits per heavy atom. The lowest BCUT2D eigenvalue weighted by Crippen LogP contribution is -2.47. The van der Waals surface area contributed by atoms with E-state index in [1.165, 1.54) is 25.7 Å². The minimum absolute atomic E-state index is 0.748. The molecule has 1 spiro atoms. The zero-order valence-corrected chi connectivity index (χ0v) is 6.82. The molecule has 1 heteroatoms. The second-order valence-corrected chi connectivity index (χ2v) is 4.81. The summed E-state index contributed by atoms with van der Waals surface area (Å²) in [6, 6.07) is 0. The van der Waals surface area contributed by atoms with Crippen molar-refractivity contribution >= 4 is 12.6 Å². The van der Waals surface area contributed by atoms with Gasteiger partial charge in [-0.1, -0.05) is 6.92 Å². The summed E-state index contributed by atoms with van der Waals surface area (Å²) in [5, 5.41) is 0.748. The van der Waals surface area contributed by atoms with Crippen molar-refractivity contribution in [3.8, 4) is 0 Å². The van der Waals surface area contributed by atoms with E-state index in [2.05, 4.69) is 19.6 Å². The molecule has 0 saturated heterocycles. The van der Waals surface area contributed by atoms with E-state index in [0.29, 0.717) is 0 Å². The summed E-state index contributed by atoms with van der Waals surface area (Å²) in [4.78, 5) is 0.